The van der Waals surface area contributed by atoms with Crippen LogP contribution in [0.15, 0.2) is 18.3 Å². The zero-order chi connectivity index (χ0) is 17.4. The van der Waals surface area contributed by atoms with Crippen LogP contribution in [0.1, 0.15) is 17.4 Å². The maximum atomic E-state index is 11.5. The van der Waals surface area contributed by atoms with Gasteiger partial charge in [0.1, 0.15) is 24.0 Å². The Bertz CT molecular complexity index is 692. The predicted molar refractivity (Wildman–Crippen MR) is 73.1 cm³/mol. The van der Waals surface area contributed by atoms with Gasteiger partial charge in [-0.15, -0.1) is 0 Å². The quantitative estimate of drug-likeness (QED) is 0.364. The topological polar surface area (TPSA) is 163 Å². The van der Waals surface area contributed by atoms with Crippen molar-refractivity contribution < 1.29 is 42.6 Å². The van der Waals surface area contributed by atoms with E-state index in [0.717, 1.165) is 0 Å². The number of pyridine rings is 1. The molecule has 0 spiro atoms. The lowest BCUT2D eigenvalue weighted by atomic mass is 10.1. The monoisotopic (exact) mass is 349 g/mol. The van der Waals surface area contributed by atoms with Crippen molar-refractivity contribution in [1.82, 2.24) is 4.98 Å². The van der Waals surface area contributed by atoms with Crippen LogP contribution in [0, 0.1) is 0 Å². The smallest absolute Gasteiger partial charge is 0.295 e. The number of ketones is 1. The van der Waals surface area contributed by atoms with E-state index in [2.05, 4.69) is 4.98 Å². The number of carbonyl (C=O) groups excluding carboxylic acids is 1. The second-order valence-electron chi connectivity index (χ2n) is 4.88. The van der Waals surface area contributed by atoms with E-state index in [9.17, 15) is 28.5 Å². The van der Waals surface area contributed by atoms with Crippen LogP contribution in [0.4, 0.5) is 0 Å². The zero-order valence-corrected chi connectivity index (χ0v) is 12.6. The molecule has 1 aromatic heterocycles. The highest BCUT2D eigenvalue weighted by Gasteiger charge is 2.50. The molecule has 0 saturated carbocycles. The van der Waals surface area contributed by atoms with E-state index in [1.807, 2.05) is 0 Å². The molecule has 128 valence electrons. The lowest BCUT2D eigenvalue weighted by Crippen LogP contribution is -2.61. The summed E-state index contributed by atoms with van der Waals surface area (Å²) in [5.74, 6) is -0.584. The summed E-state index contributed by atoms with van der Waals surface area (Å²) < 4.78 is 41.4. The first kappa shape index (κ1) is 17.7. The van der Waals surface area contributed by atoms with Crippen LogP contribution in [0.5, 0.6) is 5.75 Å². The first-order valence-electron chi connectivity index (χ1n) is 6.41. The second-order valence-corrected chi connectivity index (χ2v) is 6.38. The van der Waals surface area contributed by atoms with E-state index in [-0.39, 0.29) is 11.4 Å². The predicted octanol–water partition coefficient (Wildman–Crippen LogP) is -1.68. The number of aliphatic hydroxyl groups excluding tert-OH is 3. The fourth-order valence-corrected chi connectivity index (χ4v) is 2.80. The van der Waals surface area contributed by atoms with Gasteiger partial charge in [-0.2, -0.15) is 8.42 Å². The highest BCUT2D eigenvalue weighted by molar-refractivity contribution is 7.86. The normalized spacial score (nSPS) is 31.6. The summed E-state index contributed by atoms with van der Waals surface area (Å²) in [4.78, 5) is 15.2. The Kier molecular flexibility index (Phi) is 4.98. The average Bonchev–Trinajstić information content (AvgIpc) is 2.47. The molecular weight excluding hydrogens is 334 g/mol. The van der Waals surface area contributed by atoms with Gasteiger partial charge < -0.3 is 24.8 Å². The number of Topliss-reactive ketones (excluding diaryl/α,β-unsaturated/α-hetero) is 1. The van der Waals surface area contributed by atoms with E-state index in [1.165, 1.54) is 25.3 Å². The summed E-state index contributed by atoms with van der Waals surface area (Å²) >= 11 is 0. The SMILES string of the molecule is CC(=O)c1ncccc1O[C@@H]1OC(S(=O)(=O)O)[C@@H](O)[C@H](O)[C@H]1O. The van der Waals surface area contributed by atoms with Crippen LogP contribution in [-0.2, 0) is 14.9 Å². The summed E-state index contributed by atoms with van der Waals surface area (Å²) in [5, 5.41) is 29.1. The largest absolute Gasteiger partial charge is 0.460 e. The van der Waals surface area contributed by atoms with E-state index in [0.29, 0.717) is 0 Å². The van der Waals surface area contributed by atoms with E-state index in [4.69, 9.17) is 14.0 Å². The Hall–Kier alpha value is -1.63. The fraction of sp³-hybridized carbons (Fsp3) is 0.500. The number of aliphatic hydroxyl groups is 3. The highest BCUT2D eigenvalue weighted by atomic mass is 32.2. The summed E-state index contributed by atoms with van der Waals surface area (Å²) in [5.41, 5.74) is -2.32. The summed E-state index contributed by atoms with van der Waals surface area (Å²) in [7, 11) is -4.89. The van der Waals surface area contributed by atoms with Crippen LogP contribution >= 0.6 is 0 Å². The molecule has 1 aliphatic heterocycles. The minimum absolute atomic E-state index is 0.104. The number of hydrogen-bond donors (Lipinski definition) is 4. The molecule has 2 rings (SSSR count). The fourth-order valence-electron chi connectivity index (χ4n) is 2.04. The Morgan fingerprint density at radius 3 is 2.48 bits per heavy atom. The molecule has 4 N–H and O–H groups in total. The first-order valence-corrected chi connectivity index (χ1v) is 7.92. The zero-order valence-electron chi connectivity index (χ0n) is 11.8. The Balaban J connectivity index is 2.30. The van der Waals surface area contributed by atoms with Gasteiger partial charge in [0.2, 0.25) is 11.7 Å². The van der Waals surface area contributed by atoms with Crippen LogP contribution in [-0.4, -0.2) is 69.1 Å². The molecule has 23 heavy (non-hydrogen) atoms. The van der Waals surface area contributed by atoms with E-state index < -0.39 is 45.9 Å². The van der Waals surface area contributed by atoms with E-state index in [1.54, 1.807) is 0 Å². The number of ether oxygens (including phenoxy) is 2. The van der Waals surface area contributed by atoms with Gasteiger partial charge in [-0.05, 0) is 12.1 Å². The second kappa shape index (κ2) is 6.47. The molecule has 1 aromatic rings. The summed E-state index contributed by atoms with van der Waals surface area (Å²) in [6, 6.07) is 2.74. The maximum absolute atomic E-state index is 11.5. The number of rotatable bonds is 4. The molecule has 0 aromatic carbocycles. The third-order valence-electron chi connectivity index (χ3n) is 3.17. The third-order valence-corrected chi connectivity index (χ3v) is 4.14. The van der Waals surface area contributed by atoms with Crippen LogP contribution in [0.25, 0.3) is 0 Å². The molecule has 1 aliphatic rings. The lowest BCUT2D eigenvalue weighted by Gasteiger charge is -2.38. The van der Waals surface area contributed by atoms with Crippen LogP contribution in [0.3, 0.4) is 0 Å². The van der Waals surface area contributed by atoms with Crippen molar-refractivity contribution in [2.45, 2.75) is 37.0 Å². The molecule has 11 heteroatoms. The Morgan fingerprint density at radius 2 is 1.91 bits per heavy atom. The number of carbonyl (C=O) groups is 1. The number of aromatic nitrogens is 1. The molecule has 0 amide bonds. The van der Waals surface area contributed by atoms with Gasteiger partial charge in [0.05, 0.1) is 0 Å². The van der Waals surface area contributed by atoms with Crippen LogP contribution < -0.4 is 4.74 Å². The Morgan fingerprint density at radius 1 is 1.26 bits per heavy atom. The van der Waals surface area contributed by atoms with Crippen molar-refractivity contribution in [3.8, 4) is 5.75 Å². The van der Waals surface area contributed by atoms with Gasteiger partial charge in [-0.3, -0.25) is 9.35 Å². The first-order chi connectivity index (χ1) is 10.6. The van der Waals surface area contributed by atoms with Gasteiger partial charge in [-0.25, -0.2) is 4.98 Å². The van der Waals surface area contributed by atoms with Gasteiger partial charge in [0, 0.05) is 13.1 Å². The number of nitrogens with zero attached hydrogens (tertiary/aromatic N) is 1. The van der Waals surface area contributed by atoms with Gasteiger partial charge in [0.15, 0.2) is 11.5 Å². The minimum atomic E-state index is -4.89. The van der Waals surface area contributed by atoms with Crippen LogP contribution in [0.2, 0.25) is 0 Å². The third kappa shape index (κ3) is 3.65. The molecule has 1 unspecified atom stereocenters. The molecular formula is C12H15NO9S. The molecule has 1 fully saturated rings. The van der Waals surface area contributed by atoms with Gasteiger partial charge >= 0.3 is 0 Å². The standard InChI is InChI=1S/C12H15NO9S/c1-5(14)7-6(3-2-4-13-7)21-11-9(16)8(15)10(17)12(22-11)23(18,19)20/h2-4,8-12,15-17H,1H3,(H,18,19,20)/t8-,9-,10+,11-,12?/m1/s1. The molecule has 5 atom stereocenters. The molecule has 0 radical (unpaired) electrons. The number of hydrogen-bond acceptors (Lipinski definition) is 9. The van der Waals surface area contributed by atoms with Crippen molar-refractivity contribution in [3.05, 3.63) is 24.0 Å². The molecule has 0 bridgehead atoms. The lowest BCUT2D eigenvalue weighted by molar-refractivity contribution is -0.254. The maximum Gasteiger partial charge on any atom is 0.295 e. The van der Waals surface area contributed by atoms with Gasteiger partial charge in [-0.1, -0.05) is 0 Å². The molecule has 1 saturated heterocycles. The highest BCUT2D eigenvalue weighted by Crippen LogP contribution is 2.27. The summed E-state index contributed by atoms with van der Waals surface area (Å²) in [6.07, 6.45) is -6.31. The van der Waals surface area contributed by atoms with Crippen molar-refractivity contribution in [2.24, 2.45) is 0 Å². The van der Waals surface area contributed by atoms with Crippen molar-refractivity contribution in [3.63, 3.8) is 0 Å². The minimum Gasteiger partial charge on any atom is -0.460 e. The van der Waals surface area contributed by atoms with Crippen molar-refractivity contribution >= 4 is 15.9 Å². The summed E-state index contributed by atoms with van der Waals surface area (Å²) in [6.45, 7) is 1.22. The van der Waals surface area contributed by atoms with Crippen molar-refractivity contribution in [2.75, 3.05) is 0 Å². The molecule has 0 aliphatic carbocycles. The molecule has 10 nitrogen and oxygen atoms in total. The van der Waals surface area contributed by atoms with E-state index >= 15 is 0 Å². The van der Waals surface area contributed by atoms with Crippen molar-refractivity contribution in [1.29, 1.82) is 0 Å². The average molecular weight is 349 g/mol. The van der Waals surface area contributed by atoms with Gasteiger partial charge in [0.25, 0.3) is 10.1 Å². The Labute approximate surface area is 131 Å². The molecule has 2 heterocycles.